The number of ether oxygens (including phenoxy) is 1. The van der Waals surface area contributed by atoms with Crippen molar-refractivity contribution in [3.8, 4) is 5.75 Å². The number of carbonyl (C=O) groups is 2. The van der Waals surface area contributed by atoms with E-state index in [1.165, 1.54) is 9.47 Å². The van der Waals surface area contributed by atoms with E-state index in [0.29, 0.717) is 46.6 Å². The molecule has 9 nitrogen and oxygen atoms in total. The van der Waals surface area contributed by atoms with Crippen LogP contribution in [0.3, 0.4) is 0 Å². The van der Waals surface area contributed by atoms with Crippen molar-refractivity contribution in [1.82, 2.24) is 14.8 Å². The largest absolute Gasteiger partial charge is 0.489 e. The molecule has 168 valence electrons. The minimum absolute atomic E-state index is 0.0919. The average Bonchev–Trinajstić information content (AvgIpc) is 3.28. The molecule has 0 bridgehead atoms. The van der Waals surface area contributed by atoms with Gasteiger partial charge in [-0.2, -0.15) is 0 Å². The number of aromatic nitrogens is 1. The second kappa shape index (κ2) is 8.88. The minimum atomic E-state index is -0.632. The molecule has 32 heavy (non-hydrogen) atoms. The fourth-order valence-electron chi connectivity index (χ4n) is 3.94. The van der Waals surface area contributed by atoms with Gasteiger partial charge in [0.25, 0.3) is 11.5 Å². The predicted molar refractivity (Wildman–Crippen MR) is 117 cm³/mol. The van der Waals surface area contributed by atoms with Gasteiger partial charge in [-0.3, -0.25) is 14.4 Å². The number of nitrogens with zero attached hydrogens (tertiary/aromatic N) is 2. The molecule has 1 fully saturated rings. The van der Waals surface area contributed by atoms with Gasteiger partial charge in [0, 0.05) is 31.7 Å². The molecule has 0 radical (unpaired) electrons. The number of rotatable bonds is 7. The van der Waals surface area contributed by atoms with Crippen molar-refractivity contribution < 1.29 is 23.8 Å². The normalized spacial score (nSPS) is 16.0. The Morgan fingerprint density at radius 3 is 2.91 bits per heavy atom. The number of fused-ring (bicyclic) bond motifs is 1. The van der Waals surface area contributed by atoms with E-state index >= 15 is 0 Å². The number of amides is 2. The smallest absolute Gasteiger partial charge is 0.256 e. The number of pyridine rings is 1. The molecule has 1 unspecified atom stereocenters. The zero-order chi connectivity index (χ0) is 22.8. The van der Waals surface area contributed by atoms with Crippen molar-refractivity contribution >= 4 is 22.8 Å². The molecule has 2 N–H and O–H groups in total. The first kappa shape index (κ1) is 21.6. The maximum atomic E-state index is 13.0. The standard InChI is InChI=1S/C23H25N3O6/c1-14-20(21(28)24-18-7-9-26(10-11-27)23(18)30)17-12-16(5-6-19(17)32-14)31-13-15-4-3-8-25(2)22(15)29/h3-6,8,12,18,27H,7,9-11,13H2,1-2H3,(H,24,28). The van der Waals surface area contributed by atoms with Crippen molar-refractivity contribution in [3.05, 3.63) is 63.8 Å². The van der Waals surface area contributed by atoms with E-state index < -0.39 is 11.9 Å². The molecule has 1 aliphatic rings. The van der Waals surface area contributed by atoms with E-state index in [9.17, 15) is 14.4 Å². The van der Waals surface area contributed by atoms with Gasteiger partial charge in [0.1, 0.15) is 29.7 Å². The van der Waals surface area contributed by atoms with Crippen LogP contribution in [0, 0.1) is 6.92 Å². The molecule has 3 heterocycles. The summed E-state index contributed by atoms with van der Waals surface area (Å²) in [6.45, 7) is 2.42. The van der Waals surface area contributed by atoms with Crippen molar-refractivity contribution in [2.24, 2.45) is 7.05 Å². The van der Waals surface area contributed by atoms with Crippen LogP contribution in [0.25, 0.3) is 11.0 Å². The number of aliphatic hydroxyl groups is 1. The Balaban J connectivity index is 1.54. The molecule has 1 atom stereocenters. The molecule has 0 spiro atoms. The third-order valence-corrected chi connectivity index (χ3v) is 5.63. The summed E-state index contributed by atoms with van der Waals surface area (Å²) in [5.41, 5.74) is 1.25. The summed E-state index contributed by atoms with van der Waals surface area (Å²) < 4.78 is 13.0. The van der Waals surface area contributed by atoms with Gasteiger partial charge in [-0.05, 0) is 43.7 Å². The van der Waals surface area contributed by atoms with Crippen LogP contribution < -0.4 is 15.6 Å². The number of nitrogens with one attached hydrogen (secondary N) is 1. The monoisotopic (exact) mass is 439 g/mol. The first-order chi connectivity index (χ1) is 15.4. The number of hydrogen-bond acceptors (Lipinski definition) is 6. The summed E-state index contributed by atoms with van der Waals surface area (Å²) in [6.07, 6.45) is 2.16. The van der Waals surface area contributed by atoms with Crippen molar-refractivity contribution in [3.63, 3.8) is 0 Å². The van der Waals surface area contributed by atoms with E-state index in [1.807, 2.05) is 0 Å². The number of aliphatic hydroxyl groups excluding tert-OH is 1. The quantitative estimate of drug-likeness (QED) is 0.574. The maximum Gasteiger partial charge on any atom is 0.256 e. The fraction of sp³-hybridized carbons (Fsp3) is 0.348. The molecular weight excluding hydrogens is 414 g/mol. The summed E-state index contributed by atoms with van der Waals surface area (Å²) in [5, 5.41) is 12.4. The first-order valence-corrected chi connectivity index (χ1v) is 10.4. The topological polar surface area (TPSA) is 114 Å². The van der Waals surface area contributed by atoms with Gasteiger partial charge < -0.3 is 29.0 Å². The van der Waals surface area contributed by atoms with Crippen molar-refractivity contribution in [2.75, 3.05) is 19.7 Å². The zero-order valence-electron chi connectivity index (χ0n) is 18.0. The summed E-state index contributed by atoms with van der Waals surface area (Å²) >= 11 is 0. The van der Waals surface area contributed by atoms with Crippen LogP contribution in [0.2, 0.25) is 0 Å². The van der Waals surface area contributed by atoms with Gasteiger partial charge in [-0.1, -0.05) is 0 Å². The molecule has 3 aromatic rings. The maximum absolute atomic E-state index is 13.0. The van der Waals surface area contributed by atoms with E-state index in [1.54, 1.807) is 50.5 Å². The lowest BCUT2D eigenvalue weighted by Crippen LogP contribution is -2.42. The molecule has 0 aliphatic carbocycles. The van der Waals surface area contributed by atoms with Gasteiger partial charge in [-0.15, -0.1) is 0 Å². The highest BCUT2D eigenvalue weighted by Gasteiger charge is 2.33. The number of β-amino-alcohol motifs (C(OH)–C–C–N with tert-alkyl or cyclic N) is 1. The molecule has 2 aromatic heterocycles. The first-order valence-electron chi connectivity index (χ1n) is 10.4. The van der Waals surface area contributed by atoms with Crippen LogP contribution in [0.1, 0.15) is 28.1 Å². The molecule has 1 saturated heterocycles. The van der Waals surface area contributed by atoms with Gasteiger partial charge >= 0.3 is 0 Å². The van der Waals surface area contributed by atoms with Crippen LogP contribution in [-0.2, 0) is 18.4 Å². The zero-order valence-corrected chi connectivity index (χ0v) is 18.0. The van der Waals surface area contributed by atoms with Crippen molar-refractivity contribution in [1.29, 1.82) is 0 Å². The second-order valence-corrected chi connectivity index (χ2v) is 7.79. The van der Waals surface area contributed by atoms with E-state index in [2.05, 4.69) is 5.32 Å². The van der Waals surface area contributed by atoms with Crippen LogP contribution in [0.5, 0.6) is 5.75 Å². The van der Waals surface area contributed by atoms with Crippen molar-refractivity contribution in [2.45, 2.75) is 26.0 Å². The second-order valence-electron chi connectivity index (χ2n) is 7.79. The van der Waals surface area contributed by atoms with Gasteiger partial charge in [0.05, 0.1) is 17.7 Å². The fourth-order valence-corrected chi connectivity index (χ4v) is 3.94. The van der Waals surface area contributed by atoms with E-state index in [0.717, 1.165) is 0 Å². The van der Waals surface area contributed by atoms with E-state index in [4.69, 9.17) is 14.3 Å². The highest BCUT2D eigenvalue weighted by atomic mass is 16.5. The Bertz CT molecular complexity index is 1230. The summed E-state index contributed by atoms with van der Waals surface area (Å²) in [5.74, 6) is 0.319. The van der Waals surface area contributed by atoms with E-state index in [-0.39, 0.29) is 31.2 Å². The SMILES string of the molecule is Cc1oc2ccc(OCc3cccn(C)c3=O)cc2c1C(=O)NC1CCN(CCO)C1=O. The number of furan rings is 1. The third kappa shape index (κ3) is 4.11. The number of benzene rings is 1. The molecule has 4 rings (SSSR count). The molecule has 1 aliphatic heterocycles. The van der Waals surface area contributed by atoms with Gasteiger partial charge in [0.2, 0.25) is 5.91 Å². The molecular formula is C23H25N3O6. The Hall–Kier alpha value is -3.59. The lowest BCUT2D eigenvalue weighted by atomic mass is 10.1. The minimum Gasteiger partial charge on any atom is -0.489 e. The third-order valence-electron chi connectivity index (χ3n) is 5.63. The highest BCUT2D eigenvalue weighted by molar-refractivity contribution is 6.08. The van der Waals surface area contributed by atoms with Crippen LogP contribution >= 0.6 is 0 Å². The van der Waals surface area contributed by atoms with Crippen LogP contribution in [0.4, 0.5) is 0 Å². The van der Waals surface area contributed by atoms with Crippen LogP contribution in [0.15, 0.2) is 45.7 Å². The molecule has 1 aromatic carbocycles. The molecule has 2 amide bonds. The van der Waals surface area contributed by atoms with Gasteiger partial charge in [-0.25, -0.2) is 0 Å². The Labute approximate surface area is 184 Å². The Kier molecular flexibility index (Phi) is 6.00. The number of likely N-dealkylation sites (tertiary alicyclic amines) is 1. The molecule has 9 heteroatoms. The number of aryl methyl sites for hydroxylation is 2. The predicted octanol–water partition coefficient (Wildman–Crippen LogP) is 1.34. The summed E-state index contributed by atoms with van der Waals surface area (Å²) in [6, 6.07) is 7.97. The average molecular weight is 439 g/mol. The lowest BCUT2D eigenvalue weighted by Gasteiger charge is -2.15. The number of hydrogen-bond donors (Lipinski definition) is 2. The van der Waals surface area contributed by atoms with Crippen LogP contribution in [-0.4, -0.2) is 52.1 Å². The lowest BCUT2D eigenvalue weighted by molar-refractivity contribution is -0.129. The highest BCUT2D eigenvalue weighted by Crippen LogP contribution is 2.29. The summed E-state index contributed by atoms with van der Waals surface area (Å²) in [7, 11) is 1.68. The number of carbonyl (C=O) groups excluding carboxylic acids is 2. The summed E-state index contributed by atoms with van der Waals surface area (Å²) in [4.78, 5) is 39.1. The Morgan fingerprint density at radius 2 is 2.12 bits per heavy atom. The molecule has 0 saturated carbocycles. The van der Waals surface area contributed by atoms with Gasteiger partial charge in [0.15, 0.2) is 0 Å². The Morgan fingerprint density at radius 1 is 1.31 bits per heavy atom.